The number of hydrogen-bond acceptors (Lipinski definition) is 5. The van der Waals surface area contributed by atoms with Crippen LogP contribution in [-0.2, 0) is 10.0 Å². The Morgan fingerprint density at radius 3 is 2.55 bits per heavy atom. The molecule has 0 aliphatic heterocycles. The van der Waals surface area contributed by atoms with Crippen LogP contribution in [0.15, 0.2) is 23.1 Å². The molecule has 0 radical (unpaired) electrons. The number of hydrogen-bond donors (Lipinski definition) is 3. The third-order valence-electron chi connectivity index (χ3n) is 2.91. The van der Waals surface area contributed by atoms with E-state index in [1.165, 1.54) is 13.1 Å². The molecule has 20 heavy (non-hydrogen) atoms. The fraction of sp³-hybridized carbons (Fsp3) is 0.538. The minimum atomic E-state index is -3.51. The van der Waals surface area contributed by atoms with Crippen molar-refractivity contribution in [3.63, 3.8) is 0 Å². The Bertz CT molecular complexity index is 529. The normalized spacial score (nSPS) is 11.8. The first-order valence-corrected chi connectivity index (χ1v) is 8.07. The van der Waals surface area contributed by atoms with Crippen molar-refractivity contribution in [2.75, 3.05) is 45.3 Å². The van der Waals surface area contributed by atoms with Gasteiger partial charge in [0.1, 0.15) is 4.90 Å². The van der Waals surface area contributed by atoms with Crippen molar-refractivity contribution in [1.29, 1.82) is 0 Å². The molecular formula is C13H24N4O2S. The van der Waals surface area contributed by atoms with Crippen molar-refractivity contribution >= 4 is 21.4 Å². The zero-order chi connectivity index (χ0) is 15.2. The monoisotopic (exact) mass is 300 g/mol. The van der Waals surface area contributed by atoms with E-state index in [0.29, 0.717) is 11.4 Å². The second-order valence-corrected chi connectivity index (χ2v) is 6.76. The van der Waals surface area contributed by atoms with Gasteiger partial charge < -0.3 is 16.0 Å². The molecule has 1 aromatic carbocycles. The second kappa shape index (κ2) is 7.47. The summed E-state index contributed by atoms with van der Waals surface area (Å²) >= 11 is 0. The van der Waals surface area contributed by atoms with E-state index in [9.17, 15) is 8.42 Å². The Kier molecular flexibility index (Phi) is 6.25. The highest BCUT2D eigenvalue weighted by molar-refractivity contribution is 7.89. The lowest BCUT2D eigenvalue weighted by molar-refractivity contribution is 0.396. The largest absolute Gasteiger partial charge is 0.399 e. The van der Waals surface area contributed by atoms with Crippen molar-refractivity contribution < 1.29 is 8.42 Å². The number of nitrogens with two attached hydrogens (primary N) is 1. The van der Waals surface area contributed by atoms with Crippen LogP contribution in [0, 0.1) is 0 Å². The molecule has 1 rings (SSSR count). The van der Waals surface area contributed by atoms with E-state index in [1.54, 1.807) is 12.1 Å². The summed E-state index contributed by atoms with van der Waals surface area (Å²) in [5.74, 6) is 0. The maximum absolute atomic E-state index is 11.9. The van der Waals surface area contributed by atoms with Crippen molar-refractivity contribution in [1.82, 2.24) is 9.62 Å². The van der Waals surface area contributed by atoms with E-state index < -0.39 is 10.0 Å². The van der Waals surface area contributed by atoms with Gasteiger partial charge in [-0.2, -0.15) is 0 Å². The Labute approximate surface area is 121 Å². The van der Waals surface area contributed by atoms with Crippen LogP contribution >= 0.6 is 0 Å². The molecule has 0 saturated carbocycles. The summed E-state index contributed by atoms with van der Waals surface area (Å²) in [6.45, 7) is 1.75. The lowest BCUT2D eigenvalue weighted by Gasteiger charge is -2.13. The molecule has 0 spiro atoms. The molecule has 0 unspecified atom stereocenters. The minimum Gasteiger partial charge on any atom is -0.399 e. The molecule has 0 atom stereocenters. The first-order chi connectivity index (χ1) is 9.36. The van der Waals surface area contributed by atoms with Crippen LogP contribution in [0.25, 0.3) is 0 Å². The van der Waals surface area contributed by atoms with Gasteiger partial charge in [0.25, 0.3) is 0 Å². The van der Waals surface area contributed by atoms with Gasteiger partial charge in [0, 0.05) is 12.2 Å². The quantitative estimate of drug-likeness (QED) is 0.491. The number of anilines is 2. The van der Waals surface area contributed by atoms with Crippen molar-refractivity contribution in [2.24, 2.45) is 0 Å². The smallest absolute Gasteiger partial charge is 0.242 e. The molecule has 7 heteroatoms. The highest BCUT2D eigenvalue weighted by Crippen LogP contribution is 2.23. The fourth-order valence-corrected chi connectivity index (χ4v) is 2.73. The summed E-state index contributed by atoms with van der Waals surface area (Å²) in [7, 11) is 1.95. The number of benzene rings is 1. The molecule has 0 aliphatic carbocycles. The van der Waals surface area contributed by atoms with Crippen LogP contribution in [0.1, 0.15) is 12.8 Å². The Morgan fingerprint density at radius 1 is 1.25 bits per heavy atom. The Hall–Kier alpha value is -1.31. The van der Waals surface area contributed by atoms with Gasteiger partial charge >= 0.3 is 0 Å². The van der Waals surface area contributed by atoms with Gasteiger partial charge in [-0.15, -0.1) is 0 Å². The standard InChI is InChI=1S/C13H24N4O2S/c1-15-20(18,19)13-10-11(14)6-7-12(13)16-8-4-5-9-17(2)3/h6-7,10,15-16H,4-5,8-9,14H2,1-3H3. The third-order valence-corrected chi connectivity index (χ3v) is 4.37. The molecule has 4 N–H and O–H groups in total. The first kappa shape index (κ1) is 16.7. The summed E-state index contributed by atoms with van der Waals surface area (Å²) in [6, 6.07) is 4.86. The number of rotatable bonds is 8. The maximum atomic E-state index is 11.9. The molecule has 6 nitrogen and oxygen atoms in total. The number of nitrogens with one attached hydrogen (secondary N) is 2. The van der Waals surface area contributed by atoms with Gasteiger partial charge in [-0.25, -0.2) is 13.1 Å². The summed E-state index contributed by atoms with van der Waals surface area (Å²) in [5.41, 5.74) is 6.67. The molecule has 0 saturated heterocycles. The molecule has 0 fully saturated rings. The average Bonchev–Trinajstić information content (AvgIpc) is 2.39. The molecule has 114 valence electrons. The molecule has 0 amide bonds. The molecular weight excluding hydrogens is 276 g/mol. The molecule has 1 aromatic rings. The van der Waals surface area contributed by atoms with Crippen molar-refractivity contribution in [2.45, 2.75) is 17.7 Å². The van der Waals surface area contributed by atoms with Gasteiger partial charge in [-0.3, -0.25) is 0 Å². The summed E-state index contributed by atoms with van der Waals surface area (Å²) < 4.78 is 26.2. The Balaban J connectivity index is 2.71. The van der Waals surface area contributed by atoms with Gasteiger partial charge in [0.2, 0.25) is 10.0 Å². The lowest BCUT2D eigenvalue weighted by atomic mass is 10.2. The summed E-state index contributed by atoms with van der Waals surface area (Å²) in [4.78, 5) is 2.31. The zero-order valence-corrected chi connectivity index (χ0v) is 13.1. The summed E-state index contributed by atoms with van der Waals surface area (Å²) in [5, 5.41) is 3.16. The first-order valence-electron chi connectivity index (χ1n) is 6.58. The topological polar surface area (TPSA) is 87.5 Å². The van der Waals surface area contributed by atoms with E-state index >= 15 is 0 Å². The summed E-state index contributed by atoms with van der Waals surface area (Å²) in [6.07, 6.45) is 2.03. The second-order valence-electron chi connectivity index (χ2n) is 4.90. The predicted molar refractivity (Wildman–Crippen MR) is 83.4 cm³/mol. The molecule has 0 aromatic heterocycles. The van der Waals surface area contributed by atoms with Crippen LogP contribution in [-0.4, -0.2) is 47.6 Å². The van der Waals surface area contributed by atoms with Crippen molar-refractivity contribution in [3.8, 4) is 0 Å². The molecule has 0 heterocycles. The van der Waals surface area contributed by atoms with E-state index in [-0.39, 0.29) is 4.90 Å². The van der Waals surface area contributed by atoms with Gasteiger partial charge in [-0.1, -0.05) is 0 Å². The van der Waals surface area contributed by atoms with Gasteiger partial charge in [-0.05, 0) is 58.7 Å². The van der Waals surface area contributed by atoms with Crippen LogP contribution < -0.4 is 15.8 Å². The Morgan fingerprint density at radius 2 is 1.95 bits per heavy atom. The number of unbranched alkanes of at least 4 members (excludes halogenated alkanes) is 1. The highest BCUT2D eigenvalue weighted by Gasteiger charge is 2.16. The molecule has 0 aliphatic rings. The van der Waals surface area contributed by atoms with Gasteiger partial charge in [0.15, 0.2) is 0 Å². The zero-order valence-electron chi connectivity index (χ0n) is 12.3. The number of nitrogens with zero attached hydrogens (tertiary/aromatic N) is 1. The highest BCUT2D eigenvalue weighted by atomic mass is 32.2. The fourth-order valence-electron chi connectivity index (χ4n) is 1.79. The number of nitrogen functional groups attached to an aromatic ring is 1. The third kappa shape index (κ3) is 4.99. The van der Waals surface area contributed by atoms with E-state index in [2.05, 4.69) is 14.9 Å². The van der Waals surface area contributed by atoms with Crippen LogP contribution in [0.4, 0.5) is 11.4 Å². The average molecular weight is 300 g/mol. The van der Waals surface area contributed by atoms with E-state index in [0.717, 1.165) is 25.9 Å². The lowest BCUT2D eigenvalue weighted by Crippen LogP contribution is -2.21. The minimum absolute atomic E-state index is 0.188. The maximum Gasteiger partial charge on any atom is 0.242 e. The van der Waals surface area contributed by atoms with Crippen LogP contribution in [0.3, 0.4) is 0 Å². The predicted octanol–water partition coefficient (Wildman–Crippen LogP) is 0.931. The number of sulfonamides is 1. The van der Waals surface area contributed by atoms with Crippen LogP contribution in [0.2, 0.25) is 0 Å². The van der Waals surface area contributed by atoms with Crippen molar-refractivity contribution in [3.05, 3.63) is 18.2 Å². The molecule has 0 bridgehead atoms. The van der Waals surface area contributed by atoms with E-state index in [1.807, 2.05) is 14.1 Å². The van der Waals surface area contributed by atoms with Gasteiger partial charge in [0.05, 0.1) is 5.69 Å². The van der Waals surface area contributed by atoms with E-state index in [4.69, 9.17) is 5.73 Å². The van der Waals surface area contributed by atoms with Crippen LogP contribution in [0.5, 0.6) is 0 Å². The SMILES string of the molecule is CNS(=O)(=O)c1cc(N)ccc1NCCCCN(C)C.